The molecule has 0 unspecified atom stereocenters. The van der Waals surface area contributed by atoms with Crippen molar-refractivity contribution in [3.05, 3.63) is 34.9 Å². The summed E-state index contributed by atoms with van der Waals surface area (Å²) in [6.07, 6.45) is 3.52. The van der Waals surface area contributed by atoms with Gasteiger partial charge in [0.2, 0.25) is 0 Å². The zero-order chi connectivity index (χ0) is 13.0. The lowest BCUT2D eigenvalue weighted by Crippen LogP contribution is -2.30. The van der Waals surface area contributed by atoms with Gasteiger partial charge in [0.1, 0.15) is 0 Å². The number of hydrogen-bond acceptors (Lipinski definition) is 2. The maximum Gasteiger partial charge on any atom is 0.251 e. The van der Waals surface area contributed by atoms with Crippen molar-refractivity contribution < 1.29 is 4.79 Å². The molecule has 1 aliphatic heterocycles. The Morgan fingerprint density at radius 1 is 1.42 bits per heavy atom. The molecule has 1 fully saturated rings. The molecular formula is C15H23ClN2O. The van der Waals surface area contributed by atoms with Gasteiger partial charge in [-0.25, -0.2) is 0 Å². The van der Waals surface area contributed by atoms with Gasteiger partial charge in [0, 0.05) is 18.2 Å². The van der Waals surface area contributed by atoms with Crippen LogP contribution in [0, 0.1) is 13.8 Å². The minimum Gasteiger partial charge on any atom is -0.352 e. The van der Waals surface area contributed by atoms with Gasteiger partial charge in [-0.1, -0.05) is 17.7 Å². The van der Waals surface area contributed by atoms with Gasteiger partial charge in [-0.15, -0.1) is 12.4 Å². The quantitative estimate of drug-likeness (QED) is 0.891. The fourth-order valence-electron chi connectivity index (χ4n) is 2.53. The molecule has 1 aromatic rings. The van der Waals surface area contributed by atoms with E-state index in [2.05, 4.69) is 10.6 Å². The van der Waals surface area contributed by atoms with Crippen molar-refractivity contribution in [2.24, 2.45) is 0 Å². The van der Waals surface area contributed by atoms with Crippen LogP contribution in [0.3, 0.4) is 0 Å². The molecule has 4 heteroatoms. The monoisotopic (exact) mass is 282 g/mol. The molecule has 0 aliphatic carbocycles. The number of aryl methyl sites for hydroxylation is 2. The normalized spacial score (nSPS) is 17.9. The van der Waals surface area contributed by atoms with E-state index in [1.165, 1.54) is 18.4 Å². The first kappa shape index (κ1) is 16.0. The van der Waals surface area contributed by atoms with Crippen molar-refractivity contribution in [3.8, 4) is 0 Å². The number of hydrogen-bond donors (Lipinski definition) is 2. The average Bonchev–Trinajstić information content (AvgIpc) is 2.81. The highest BCUT2D eigenvalue weighted by Crippen LogP contribution is 2.11. The Morgan fingerprint density at radius 2 is 2.21 bits per heavy atom. The summed E-state index contributed by atoms with van der Waals surface area (Å²) in [4.78, 5) is 12.0. The van der Waals surface area contributed by atoms with E-state index >= 15 is 0 Å². The van der Waals surface area contributed by atoms with Crippen LogP contribution in [0.5, 0.6) is 0 Å². The van der Waals surface area contributed by atoms with Crippen LogP contribution in [0.4, 0.5) is 0 Å². The average molecular weight is 283 g/mol. The Bertz CT molecular complexity index is 428. The van der Waals surface area contributed by atoms with Crippen LogP contribution < -0.4 is 10.6 Å². The molecule has 0 spiro atoms. The van der Waals surface area contributed by atoms with E-state index < -0.39 is 0 Å². The summed E-state index contributed by atoms with van der Waals surface area (Å²) in [5, 5.41) is 6.44. The number of rotatable bonds is 4. The molecule has 1 heterocycles. The summed E-state index contributed by atoms with van der Waals surface area (Å²) in [6.45, 7) is 5.90. The third-order valence-electron chi connectivity index (χ3n) is 3.57. The summed E-state index contributed by atoms with van der Waals surface area (Å²) in [7, 11) is 0. The van der Waals surface area contributed by atoms with Crippen molar-refractivity contribution >= 4 is 18.3 Å². The second kappa shape index (κ2) is 7.51. The number of benzene rings is 1. The van der Waals surface area contributed by atoms with Crippen molar-refractivity contribution in [3.63, 3.8) is 0 Å². The van der Waals surface area contributed by atoms with Crippen molar-refractivity contribution in [1.29, 1.82) is 0 Å². The Morgan fingerprint density at radius 3 is 2.84 bits per heavy atom. The summed E-state index contributed by atoms with van der Waals surface area (Å²) >= 11 is 0. The van der Waals surface area contributed by atoms with E-state index in [9.17, 15) is 4.79 Å². The van der Waals surface area contributed by atoms with Gasteiger partial charge in [-0.2, -0.15) is 0 Å². The number of halogens is 1. The highest BCUT2D eigenvalue weighted by molar-refractivity contribution is 5.95. The highest BCUT2D eigenvalue weighted by Gasteiger charge is 2.14. The smallest absolute Gasteiger partial charge is 0.251 e. The second-order valence-corrected chi connectivity index (χ2v) is 5.16. The van der Waals surface area contributed by atoms with Gasteiger partial charge in [-0.05, 0) is 51.3 Å². The zero-order valence-corrected chi connectivity index (χ0v) is 12.5. The summed E-state index contributed by atoms with van der Waals surface area (Å²) in [6, 6.07) is 6.53. The number of nitrogens with one attached hydrogen (secondary N) is 2. The van der Waals surface area contributed by atoms with Crippen LogP contribution >= 0.6 is 12.4 Å². The van der Waals surface area contributed by atoms with Gasteiger partial charge in [0.05, 0.1) is 0 Å². The number of carbonyl (C=O) groups excluding carboxylic acids is 1. The third kappa shape index (κ3) is 4.51. The lowest BCUT2D eigenvalue weighted by Gasteiger charge is -2.12. The predicted molar refractivity (Wildman–Crippen MR) is 81.1 cm³/mol. The molecule has 1 aromatic carbocycles. The summed E-state index contributed by atoms with van der Waals surface area (Å²) in [5.74, 6) is 0.0468. The van der Waals surface area contributed by atoms with E-state index in [-0.39, 0.29) is 18.3 Å². The first-order chi connectivity index (χ1) is 8.66. The van der Waals surface area contributed by atoms with Crippen LogP contribution in [-0.2, 0) is 0 Å². The molecule has 1 saturated heterocycles. The first-order valence-corrected chi connectivity index (χ1v) is 6.75. The topological polar surface area (TPSA) is 41.1 Å². The van der Waals surface area contributed by atoms with Gasteiger partial charge < -0.3 is 10.6 Å². The molecule has 0 saturated carbocycles. The molecule has 1 amide bonds. The zero-order valence-electron chi connectivity index (χ0n) is 11.7. The minimum atomic E-state index is 0. The third-order valence-corrected chi connectivity index (χ3v) is 3.57. The standard InChI is InChI=1S/C15H22N2O.ClH/c1-11-5-6-14(12(2)10-11)15(18)17-9-7-13-4-3-8-16-13;/h5-6,10,13,16H,3-4,7-9H2,1-2H3,(H,17,18);1H/t13-;/m1./s1. The minimum absolute atomic E-state index is 0. The van der Waals surface area contributed by atoms with Gasteiger partial charge in [-0.3, -0.25) is 4.79 Å². The SMILES string of the molecule is Cc1ccc(C(=O)NCC[C@H]2CCCN2)c(C)c1.Cl. The van der Waals surface area contributed by atoms with E-state index in [1.54, 1.807) is 0 Å². The lowest BCUT2D eigenvalue weighted by atomic mass is 10.1. The fraction of sp³-hybridized carbons (Fsp3) is 0.533. The van der Waals surface area contributed by atoms with Crippen LogP contribution in [0.1, 0.15) is 40.7 Å². The van der Waals surface area contributed by atoms with Crippen molar-refractivity contribution in [2.75, 3.05) is 13.1 Å². The van der Waals surface area contributed by atoms with Crippen molar-refractivity contribution in [1.82, 2.24) is 10.6 Å². The largest absolute Gasteiger partial charge is 0.352 e. The first-order valence-electron chi connectivity index (χ1n) is 6.75. The molecule has 2 N–H and O–H groups in total. The Labute approximate surface area is 121 Å². The van der Waals surface area contributed by atoms with Gasteiger partial charge >= 0.3 is 0 Å². The van der Waals surface area contributed by atoms with Crippen molar-refractivity contribution in [2.45, 2.75) is 39.2 Å². The molecule has 1 atom stereocenters. The lowest BCUT2D eigenvalue weighted by molar-refractivity contribution is 0.0951. The van der Waals surface area contributed by atoms with Gasteiger partial charge in [0.25, 0.3) is 5.91 Å². The number of amides is 1. The molecule has 2 rings (SSSR count). The Balaban J connectivity index is 0.00000180. The number of carbonyl (C=O) groups is 1. The van der Waals surface area contributed by atoms with Crippen LogP contribution in [0.2, 0.25) is 0 Å². The maximum absolute atomic E-state index is 12.0. The summed E-state index contributed by atoms with van der Waals surface area (Å²) < 4.78 is 0. The molecule has 0 aromatic heterocycles. The van der Waals surface area contributed by atoms with E-state index in [0.717, 1.165) is 30.6 Å². The maximum atomic E-state index is 12.0. The Kier molecular flexibility index (Phi) is 6.32. The van der Waals surface area contributed by atoms with Crippen LogP contribution in [0.15, 0.2) is 18.2 Å². The second-order valence-electron chi connectivity index (χ2n) is 5.16. The van der Waals surface area contributed by atoms with Crippen LogP contribution in [0.25, 0.3) is 0 Å². The van der Waals surface area contributed by atoms with E-state index in [4.69, 9.17) is 0 Å². The fourth-order valence-corrected chi connectivity index (χ4v) is 2.53. The van der Waals surface area contributed by atoms with E-state index in [1.807, 2.05) is 32.0 Å². The molecule has 0 bridgehead atoms. The highest BCUT2D eigenvalue weighted by atomic mass is 35.5. The van der Waals surface area contributed by atoms with Gasteiger partial charge in [0.15, 0.2) is 0 Å². The molecule has 3 nitrogen and oxygen atoms in total. The molecule has 0 radical (unpaired) electrons. The Hall–Kier alpha value is -1.06. The van der Waals surface area contributed by atoms with E-state index in [0.29, 0.717) is 6.04 Å². The molecular weight excluding hydrogens is 260 g/mol. The van der Waals surface area contributed by atoms with Crippen LogP contribution in [-0.4, -0.2) is 25.0 Å². The summed E-state index contributed by atoms with van der Waals surface area (Å²) in [5.41, 5.74) is 3.03. The molecule has 106 valence electrons. The predicted octanol–water partition coefficient (Wildman–Crippen LogP) is 2.60. The molecule has 1 aliphatic rings. The molecule has 19 heavy (non-hydrogen) atoms.